The molecular weight excluding hydrogens is 266 g/mol. The number of carboxylic acid groups (broad SMARTS) is 1. The summed E-state index contributed by atoms with van der Waals surface area (Å²) in [6.07, 6.45) is 1.24. The predicted molar refractivity (Wildman–Crippen MR) is 70.6 cm³/mol. The number of nitriles is 1. The van der Waals surface area contributed by atoms with Crippen molar-refractivity contribution in [3.63, 3.8) is 0 Å². The molecular formula is C13H8ClN3O2. The molecule has 0 saturated carbocycles. The van der Waals surface area contributed by atoms with Crippen molar-refractivity contribution in [2.75, 3.05) is 5.32 Å². The van der Waals surface area contributed by atoms with E-state index in [2.05, 4.69) is 10.3 Å². The van der Waals surface area contributed by atoms with E-state index in [0.29, 0.717) is 22.1 Å². The summed E-state index contributed by atoms with van der Waals surface area (Å²) in [4.78, 5) is 14.7. The summed E-state index contributed by atoms with van der Waals surface area (Å²) >= 11 is 5.86. The molecule has 0 fully saturated rings. The first-order valence-electron chi connectivity index (χ1n) is 5.26. The lowest BCUT2D eigenvalue weighted by Gasteiger charge is -2.07. The van der Waals surface area contributed by atoms with E-state index in [9.17, 15) is 4.79 Å². The second-order valence-corrected chi connectivity index (χ2v) is 4.10. The van der Waals surface area contributed by atoms with Crippen molar-refractivity contribution in [2.24, 2.45) is 0 Å². The molecule has 5 nitrogen and oxygen atoms in total. The average Bonchev–Trinajstić information content (AvgIpc) is 2.39. The van der Waals surface area contributed by atoms with E-state index in [1.165, 1.54) is 18.3 Å². The summed E-state index contributed by atoms with van der Waals surface area (Å²) in [5.41, 5.74) is 1.04. The second-order valence-electron chi connectivity index (χ2n) is 3.66. The lowest BCUT2D eigenvalue weighted by molar-refractivity contribution is 0.0696. The third-order valence-corrected chi connectivity index (χ3v) is 2.61. The van der Waals surface area contributed by atoms with Gasteiger partial charge in [-0.2, -0.15) is 5.26 Å². The Balaban J connectivity index is 2.28. The van der Waals surface area contributed by atoms with Crippen LogP contribution >= 0.6 is 11.6 Å². The minimum Gasteiger partial charge on any atom is -0.478 e. The largest absolute Gasteiger partial charge is 0.478 e. The highest BCUT2D eigenvalue weighted by atomic mass is 35.5. The van der Waals surface area contributed by atoms with Crippen LogP contribution in [0, 0.1) is 11.3 Å². The number of hydrogen-bond acceptors (Lipinski definition) is 4. The number of rotatable bonds is 3. The van der Waals surface area contributed by atoms with Crippen molar-refractivity contribution in [2.45, 2.75) is 0 Å². The first-order chi connectivity index (χ1) is 9.10. The normalized spacial score (nSPS) is 9.68. The van der Waals surface area contributed by atoms with E-state index in [4.69, 9.17) is 22.0 Å². The molecule has 0 aliphatic heterocycles. The Bertz CT molecular complexity index is 663. The van der Waals surface area contributed by atoms with Crippen LogP contribution in [0.25, 0.3) is 0 Å². The number of benzene rings is 1. The maximum absolute atomic E-state index is 10.7. The van der Waals surface area contributed by atoms with Gasteiger partial charge in [0.05, 0.1) is 16.8 Å². The monoisotopic (exact) mass is 273 g/mol. The van der Waals surface area contributed by atoms with Crippen molar-refractivity contribution >= 4 is 29.1 Å². The zero-order chi connectivity index (χ0) is 13.8. The fourth-order valence-electron chi connectivity index (χ4n) is 1.45. The Labute approximate surface area is 114 Å². The van der Waals surface area contributed by atoms with Crippen molar-refractivity contribution in [1.82, 2.24) is 4.98 Å². The Morgan fingerprint density at radius 1 is 1.37 bits per heavy atom. The van der Waals surface area contributed by atoms with Gasteiger partial charge in [-0.1, -0.05) is 11.6 Å². The van der Waals surface area contributed by atoms with Crippen molar-refractivity contribution in [3.05, 3.63) is 52.7 Å². The van der Waals surface area contributed by atoms with Gasteiger partial charge in [0.2, 0.25) is 0 Å². The van der Waals surface area contributed by atoms with Crippen LogP contribution in [0.4, 0.5) is 11.5 Å². The maximum atomic E-state index is 10.7. The molecule has 1 heterocycles. The van der Waals surface area contributed by atoms with Crippen LogP contribution in [0.1, 0.15) is 15.9 Å². The number of nitrogens with zero attached hydrogens (tertiary/aromatic N) is 2. The SMILES string of the molecule is N#Cc1ccc(Cl)cc1Nc1ccc(C(=O)O)cn1. The molecule has 1 aromatic carbocycles. The number of aromatic nitrogens is 1. The third kappa shape index (κ3) is 3.00. The predicted octanol–water partition coefficient (Wildman–Crippen LogP) is 3.05. The summed E-state index contributed by atoms with van der Waals surface area (Å²) in [5.74, 6) is -0.608. The van der Waals surface area contributed by atoms with Gasteiger partial charge in [0, 0.05) is 11.2 Å². The number of carbonyl (C=O) groups is 1. The van der Waals surface area contributed by atoms with Gasteiger partial charge < -0.3 is 10.4 Å². The molecule has 6 heteroatoms. The van der Waals surface area contributed by atoms with Crippen LogP contribution in [-0.2, 0) is 0 Å². The van der Waals surface area contributed by atoms with E-state index < -0.39 is 5.97 Å². The van der Waals surface area contributed by atoms with Gasteiger partial charge in [0.15, 0.2) is 0 Å². The molecule has 0 amide bonds. The van der Waals surface area contributed by atoms with Crippen LogP contribution < -0.4 is 5.32 Å². The highest BCUT2D eigenvalue weighted by molar-refractivity contribution is 6.30. The molecule has 0 bridgehead atoms. The van der Waals surface area contributed by atoms with Crippen LogP contribution in [0.15, 0.2) is 36.5 Å². The van der Waals surface area contributed by atoms with Gasteiger partial charge in [0.25, 0.3) is 0 Å². The third-order valence-electron chi connectivity index (χ3n) is 2.38. The van der Waals surface area contributed by atoms with Crippen LogP contribution in [0.2, 0.25) is 5.02 Å². The number of anilines is 2. The molecule has 2 N–H and O–H groups in total. The number of carboxylic acids is 1. The van der Waals surface area contributed by atoms with E-state index in [0.717, 1.165) is 0 Å². The quantitative estimate of drug-likeness (QED) is 0.897. The summed E-state index contributed by atoms with van der Waals surface area (Å²) in [6.45, 7) is 0. The summed E-state index contributed by atoms with van der Waals surface area (Å²) in [6, 6.07) is 9.79. The van der Waals surface area contributed by atoms with Crippen LogP contribution in [0.3, 0.4) is 0 Å². The molecule has 0 saturated heterocycles. The molecule has 2 rings (SSSR count). The summed E-state index contributed by atoms with van der Waals surface area (Å²) < 4.78 is 0. The zero-order valence-electron chi connectivity index (χ0n) is 9.59. The van der Waals surface area contributed by atoms with Crippen molar-refractivity contribution in [3.8, 4) is 6.07 Å². The van der Waals surface area contributed by atoms with E-state index in [1.54, 1.807) is 18.2 Å². The molecule has 19 heavy (non-hydrogen) atoms. The van der Waals surface area contributed by atoms with E-state index >= 15 is 0 Å². The molecule has 1 aromatic heterocycles. The highest BCUT2D eigenvalue weighted by Crippen LogP contribution is 2.23. The molecule has 0 aliphatic rings. The van der Waals surface area contributed by atoms with Gasteiger partial charge in [-0.05, 0) is 30.3 Å². The highest BCUT2D eigenvalue weighted by Gasteiger charge is 2.06. The number of pyridine rings is 1. The van der Waals surface area contributed by atoms with Crippen molar-refractivity contribution in [1.29, 1.82) is 5.26 Å². The number of aromatic carboxylic acids is 1. The number of halogens is 1. The van der Waals surface area contributed by atoms with Crippen LogP contribution in [0.5, 0.6) is 0 Å². The average molecular weight is 274 g/mol. The Hall–Kier alpha value is -2.58. The van der Waals surface area contributed by atoms with Crippen LogP contribution in [-0.4, -0.2) is 16.1 Å². The molecule has 0 spiro atoms. The summed E-state index contributed by atoms with van der Waals surface area (Å²) in [7, 11) is 0. The van der Waals surface area contributed by atoms with Crippen molar-refractivity contribution < 1.29 is 9.90 Å². The topological polar surface area (TPSA) is 86.0 Å². The first-order valence-corrected chi connectivity index (χ1v) is 5.64. The lowest BCUT2D eigenvalue weighted by atomic mass is 10.2. The number of hydrogen-bond donors (Lipinski definition) is 2. The zero-order valence-corrected chi connectivity index (χ0v) is 10.3. The molecule has 0 atom stereocenters. The molecule has 0 aliphatic carbocycles. The Morgan fingerprint density at radius 3 is 2.74 bits per heavy atom. The lowest BCUT2D eigenvalue weighted by Crippen LogP contribution is -2.00. The first kappa shape index (κ1) is 12.9. The Kier molecular flexibility index (Phi) is 3.64. The van der Waals surface area contributed by atoms with Gasteiger partial charge in [-0.3, -0.25) is 0 Å². The van der Waals surface area contributed by atoms with Gasteiger partial charge in [0.1, 0.15) is 11.9 Å². The molecule has 2 aromatic rings. The maximum Gasteiger partial charge on any atom is 0.337 e. The fourth-order valence-corrected chi connectivity index (χ4v) is 1.62. The van der Waals surface area contributed by atoms with E-state index in [1.807, 2.05) is 6.07 Å². The molecule has 0 radical (unpaired) electrons. The standard InChI is InChI=1S/C13H8ClN3O2/c14-10-3-1-8(6-15)11(5-10)17-12-4-2-9(7-16-12)13(18)19/h1-5,7H,(H,16,17)(H,18,19). The van der Waals surface area contributed by atoms with Gasteiger partial charge >= 0.3 is 5.97 Å². The Morgan fingerprint density at radius 2 is 2.16 bits per heavy atom. The fraction of sp³-hybridized carbons (Fsp3) is 0. The van der Waals surface area contributed by atoms with Gasteiger partial charge in [-0.25, -0.2) is 9.78 Å². The van der Waals surface area contributed by atoms with Gasteiger partial charge in [-0.15, -0.1) is 0 Å². The number of nitrogens with one attached hydrogen (secondary N) is 1. The van der Waals surface area contributed by atoms with E-state index in [-0.39, 0.29) is 5.56 Å². The summed E-state index contributed by atoms with van der Waals surface area (Å²) in [5, 5.41) is 21.1. The minimum atomic E-state index is -1.04. The molecule has 94 valence electrons. The molecule has 0 unspecified atom stereocenters. The second kappa shape index (κ2) is 5.38. The smallest absolute Gasteiger partial charge is 0.337 e. The minimum absolute atomic E-state index is 0.0946.